The van der Waals surface area contributed by atoms with Crippen LogP contribution in [0.4, 0.5) is 0 Å². The van der Waals surface area contributed by atoms with E-state index in [0.29, 0.717) is 0 Å². The van der Waals surface area contributed by atoms with Gasteiger partial charge in [0.1, 0.15) is 12.3 Å². The Hall–Kier alpha value is -1.88. The van der Waals surface area contributed by atoms with Gasteiger partial charge < -0.3 is 0 Å². The number of hydrogen-bond acceptors (Lipinski definition) is 8. The maximum absolute atomic E-state index is 3.70. The van der Waals surface area contributed by atoms with Gasteiger partial charge in [0.25, 0.3) is 0 Å². The second-order valence-corrected chi connectivity index (χ2v) is 15.3. The zero-order valence-electron chi connectivity index (χ0n) is 27.0. The predicted octanol–water partition coefficient (Wildman–Crippen LogP) is 5.71. The highest BCUT2D eigenvalue weighted by atomic mass is 15.8. The summed E-state index contributed by atoms with van der Waals surface area (Å²) in [6.07, 6.45) is 0.00667. The Morgan fingerprint density at radius 2 is 0.650 bits per heavy atom. The van der Waals surface area contributed by atoms with Crippen LogP contribution >= 0.6 is 0 Å². The lowest BCUT2D eigenvalue weighted by molar-refractivity contribution is -0.123. The summed E-state index contributed by atoms with van der Waals surface area (Å²) in [6.45, 7) is 28.6. The molecule has 0 bridgehead atoms. The van der Waals surface area contributed by atoms with Crippen molar-refractivity contribution in [1.82, 2.24) is 41.7 Å². The Morgan fingerprint density at radius 3 is 0.850 bits per heavy atom. The van der Waals surface area contributed by atoms with Gasteiger partial charge in [0.05, 0.1) is 13.3 Å². The summed E-state index contributed by atoms with van der Waals surface area (Å²) in [5.41, 5.74) is 19.7. The minimum atomic E-state index is 0.00140. The fourth-order valence-electron chi connectivity index (χ4n) is 4.78. The van der Waals surface area contributed by atoms with Gasteiger partial charge in [0, 0.05) is 22.2 Å². The summed E-state index contributed by atoms with van der Waals surface area (Å²) in [7, 11) is 0. The molecule has 4 N–H and O–H groups in total. The first-order valence-electron chi connectivity index (χ1n) is 14.7. The van der Waals surface area contributed by atoms with Crippen molar-refractivity contribution in [2.75, 3.05) is 13.3 Å². The van der Waals surface area contributed by atoms with Crippen LogP contribution in [0.1, 0.15) is 107 Å². The lowest BCUT2D eigenvalue weighted by Crippen LogP contribution is -2.69. The first kappa shape index (κ1) is 31.1. The van der Waals surface area contributed by atoms with Crippen LogP contribution in [0.25, 0.3) is 11.1 Å². The molecule has 0 saturated carbocycles. The van der Waals surface area contributed by atoms with Crippen LogP contribution in [0.3, 0.4) is 0 Å². The summed E-state index contributed by atoms with van der Waals surface area (Å²) >= 11 is 0. The lowest BCUT2D eigenvalue weighted by atomic mass is 10.0. The standard InChI is InChI=1S/C32H54N8/c1-29(2,3)37-21-38(30(4,5)6)34-27(33-37)25-17-13-23(14-18-25)24-15-19-26(20-16-24)28-35-39(31(7,8)9)22-40(36-28)32(10,11)12/h13-20,27-28,33-36H,21-22H2,1-12H3. The number of nitrogens with zero attached hydrogens (tertiary/aromatic N) is 4. The Bertz CT molecular complexity index is 981. The minimum Gasteiger partial charge on any atom is -0.231 e. The highest BCUT2D eigenvalue weighted by Gasteiger charge is 2.37. The molecule has 0 atom stereocenters. The van der Waals surface area contributed by atoms with Gasteiger partial charge in [-0.1, -0.05) is 48.5 Å². The quantitative estimate of drug-likeness (QED) is 0.388. The maximum Gasteiger partial charge on any atom is 0.109 e. The van der Waals surface area contributed by atoms with Crippen LogP contribution in [-0.2, 0) is 0 Å². The first-order chi connectivity index (χ1) is 18.3. The van der Waals surface area contributed by atoms with E-state index in [0.717, 1.165) is 13.3 Å². The Labute approximate surface area is 243 Å². The molecule has 2 aromatic rings. The lowest BCUT2D eigenvalue weighted by Gasteiger charge is -2.51. The summed E-state index contributed by atoms with van der Waals surface area (Å²) in [4.78, 5) is 0. The predicted molar refractivity (Wildman–Crippen MR) is 166 cm³/mol. The highest BCUT2D eigenvalue weighted by molar-refractivity contribution is 5.64. The first-order valence-corrected chi connectivity index (χ1v) is 14.7. The Kier molecular flexibility index (Phi) is 8.60. The van der Waals surface area contributed by atoms with Gasteiger partial charge in [-0.2, -0.15) is 0 Å². The summed E-state index contributed by atoms with van der Waals surface area (Å²) in [5, 5.41) is 9.28. The van der Waals surface area contributed by atoms with Crippen LogP contribution in [0, 0.1) is 0 Å². The topological polar surface area (TPSA) is 61.1 Å². The molecule has 40 heavy (non-hydrogen) atoms. The van der Waals surface area contributed by atoms with E-state index < -0.39 is 0 Å². The minimum absolute atomic E-state index is 0.00140. The molecule has 0 aromatic heterocycles. The molecule has 0 spiro atoms. The molecule has 8 nitrogen and oxygen atoms in total. The molecule has 0 aliphatic carbocycles. The highest BCUT2D eigenvalue weighted by Crippen LogP contribution is 2.29. The third-order valence-corrected chi connectivity index (χ3v) is 7.77. The second kappa shape index (κ2) is 11.1. The van der Waals surface area contributed by atoms with Gasteiger partial charge in [-0.15, -0.1) is 0 Å². The number of hydrazine groups is 4. The van der Waals surface area contributed by atoms with Gasteiger partial charge in [0.15, 0.2) is 0 Å². The number of benzene rings is 2. The molecule has 2 aromatic carbocycles. The molecule has 2 aliphatic rings. The van der Waals surface area contributed by atoms with Crippen molar-refractivity contribution in [2.45, 2.75) is 118 Å². The average Bonchev–Trinajstić information content (AvgIpc) is 2.86. The molecule has 0 radical (unpaired) electrons. The van der Waals surface area contributed by atoms with Crippen molar-refractivity contribution >= 4 is 0 Å². The summed E-state index contributed by atoms with van der Waals surface area (Å²) < 4.78 is 0. The van der Waals surface area contributed by atoms with Crippen LogP contribution < -0.4 is 21.7 Å². The Balaban J connectivity index is 1.51. The molecule has 0 unspecified atom stereocenters. The van der Waals surface area contributed by atoms with Crippen molar-refractivity contribution in [1.29, 1.82) is 0 Å². The van der Waals surface area contributed by atoms with Gasteiger partial charge in [0.2, 0.25) is 0 Å². The average molecular weight is 551 g/mol. The number of hydrogen-bond donors (Lipinski definition) is 4. The molecule has 2 saturated heterocycles. The molecular formula is C32H54N8. The van der Waals surface area contributed by atoms with Gasteiger partial charge in [-0.3, -0.25) is 0 Å². The van der Waals surface area contributed by atoms with Crippen molar-refractivity contribution in [2.24, 2.45) is 0 Å². The smallest absolute Gasteiger partial charge is 0.109 e. The molecule has 8 heteroatoms. The van der Waals surface area contributed by atoms with E-state index in [2.05, 4.69) is 173 Å². The van der Waals surface area contributed by atoms with Gasteiger partial charge in [-0.05, 0) is 105 Å². The summed E-state index contributed by atoms with van der Waals surface area (Å²) in [5.74, 6) is 0. The van der Waals surface area contributed by atoms with E-state index in [1.165, 1.54) is 22.3 Å². The zero-order chi connectivity index (χ0) is 29.7. The zero-order valence-corrected chi connectivity index (χ0v) is 27.0. The maximum atomic E-state index is 3.70. The van der Waals surface area contributed by atoms with Crippen molar-refractivity contribution in [3.8, 4) is 11.1 Å². The molecule has 2 fully saturated rings. The molecule has 4 rings (SSSR count). The van der Waals surface area contributed by atoms with Crippen molar-refractivity contribution in [3.05, 3.63) is 59.7 Å². The van der Waals surface area contributed by atoms with Crippen LogP contribution in [0.5, 0.6) is 0 Å². The third-order valence-electron chi connectivity index (χ3n) is 7.77. The molecular weight excluding hydrogens is 496 g/mol. The van der Waals surface area contributed by atoms with Gasteiger partial charge >= 0.3 is 0 Å². The van der Waals surface area contributed by atoms with Crippen molar-refractivity contribution in [3.63, 3.8) is 0 Å². The van der Waals surface area contributed by atoms with Crippen LogP contribution in [0.15, 0.2) is 48.5 Å². The Morgan fingerprint density at radius 1 is 0.425 bits per heavy atom. The molecule has 0 amide bonds. The molecule has 222 valence electrons. The van der Waals surface area contributed by atoms with E-state index in [4.69, 9.17) is 0 Å². The SMILES string of the molecule is CC(C)(C)N1CN(C(C)(C)C)NC(c2ccc(-c3ccc(C4NN(C(C)(C)C)CN(C(C)(C)C)N4)cc3)cc2)N1. The monoisotopic (exact) mass is 550 g/mol. The molecule has 2 heterocycles. The van der Waals surface area contributed by atoms with E-state index in [1.807, 2.05) is 0 Å². The van der Waals surface area contributed by atoms with Crippen LogP contribution in [0.2, 0.25) is 0 Å². The summed E-state index contributed by atoms with van der Waals surface area (Å²) in [6, 6.07) is 17.8. The molecule has 2 aliphatic heterocycles. The normalized spacial score (nSPS) is 20.8. The number of rotatable bonds is 3. The third kappa shape index (κ3) is 7.30. The largest absolute Gasteiger partial charge is 0.231 e. The fraction of sp³-hybridized carbons (Fsp3) is 0.625. The number of nitrogens with one attached hydrogen (secondary N) is 4. The van der Waals surface area contributed by atoms with Gasteiger partial charge in [-0.25, -0.2) is 41.7 Å². The van der Waals surface area contributed by atoms with E-state index in [9.17, 15) is 0 Å². The van der Waals surface area contributed by atoms with E-state index >= 15 is 0 Å². The van der Waals surface area contributed by atoms with E-state index in [-0.39, 0.29) is 34.5 Å². The fourth-order valence-corrected chi connectivity index (χ4v) is 4.78. The van der Waals surface area contributed by atoms with Crippen molar-refractivity contribution < 1.29 is 0 Å². The van der Waals surface area contributed by atoms with E-state index in [1.54, 1.807) is 0 Å². The second-order valence-electron chi connectivity index (χ2n) is 15.3. The van der Waals surface area contributed by atoms with Crippen LogP contribution in [-0.4, -0.2) is 55.5 Å².